The molecule has 1 aromatic heterocycles. The molecule has 0 aliphatic carbocycles. The van der Waals surface area contributed by atoms with E-state index in [0.29, 0.717) is 28.8 Å². The fourth-order valence-electron chi connectivity index (χ4n) is 1.98. The SMILES string of the molecule is CCOc1cc(C)c(-c2c[nH]c(N)c2C#N)cc1Cl. The summed E-state index contributed by atoms with van der Waals surface area (Å²) in [5, 5.41) is 9.66. The van der Waals surface area contributed by atoms with Crippen molar-refractivity contribution in [3.8, 4) is 22.9 Å². The molecule has 0 saturated carbocycles. The molecule has 2 rings (SSSR count). The molecule has 1 aromatic carbocycles. The molecule has 0 bridgehead atoms. The van der Waals surface area contributed by atoms with Crippen molar-refractivity contribution in [3.05, 3.63) is 34.5 Å². The highest BCUT2D eigenvalue weighted by Crippen LogP contribution is 2.36. The molecule has 19 heavy (non-hydrogen) atoms. The summed E-state index contributed by atoms with van der Waals surface area (Å²) in [5.74, 6) is 1.01. The minimum Gasteiger partial charge on any atom is -0.492 e. The second-order valence-electron chi connectivity index (χ2n) is 4.13. The number of nitriles is 1. The first-order valence-corrected chi connectivity index (χ1v) is 6.26. The first-order valence-electron chi connectivity index (χ1n) is 5.88. The largest absolute Gasteiger partial charge is 0.492 e. The zero-order chi connectivity index (χ0) is 14.0. The van der Waals surface area contributed by atoms with Crippen molar-refractivity contribution in [2.24, 2.45) is 0 Å². The van der Waals surface area contributed by atoms with Crippen molar-refractivity contribution in [2.45, 2.75) is 13.8 Å². The highest BCUT2D eigenvalue weighted by Gasteiger charge is 2.15. The number of aromatic amines is 1. The zero-order valence-electron chi connectivity index (χ0n) is 10.7. The molecule has 0 spiro atoms. The molecule has 0 aliphatic heterocycles. The summed E-state index contributed by atoms with van der Waals surface area (Å²) in [6, 6.07) is 5.76. The zero-order valence-corrected chi connectivity index (χ0v) is 11.5. The van der Waals surface area contributed by atoms with Crippen molar-refractivity contribution in [2.75, 3.05) is 12.3 Å². The van der Waals surface area contributed by atoms with Crippen LogP contribution in [0.5, 0.6) is 5.75 Å². The van der Waals surface area contributed by atoms with Crippen molar-refractivity contribution in [1.29, 1.82) is 5.26 Å². The smallest absolute Gasteiger partial charge is 0.138 e. The van der Waals surface area contributed by atoms with Crippen LogP contribution in [0.4, 0.5) is 5.82 Å². The number of H-pyrrole nitrogens is 1. The van der Waals surface area contributed by atoms with Crippen molar-refractivity contribution < 1.29 is 4.74 Å². The Kier molecular flexibility index (Phi) is 3.68. The Labute approximate surface area is 116 Å². The minimum atomic E-state index is 0.363. The third kappa shape index (κ3) is 2.38. The van der Waals surface area contributed by atoms with Crippen LogP contribution in [0.25, 0.3) is 11.1 Å². The van der Waals surface area contributed by atoms with Gasteiger partial charge in [-0.3, -0.25) is 0 Å². The number of rotatable bonds is 3. The van der Waals surface area contributed by atoms with Crippen LogP contribution in [0.2, 0.25) is 5.02 Å². The highest BCUT2D eigenvalue weighted by molar-refractivity contribution is 6.32. The minimum absolute atomic E-state index is 0.363. The van der Waals surface area contributed by atoms with E-state index < -0.39 is 0 Å². The number of hydrogen-bond acceptors (Lipinski definition) is 3. The van der Waals surface area contributed by atoms with E-state index in [1.54, 1.807) is 12.3 Å². The van der Waals surface area contributed by atoms with Gasteiger partial charge in [-0.25, -0.2) is 0 Å². The number of halogens is 1. The van der Waals surface area contributed by atoms with E-state index in [4.69, 9.17) is 27.3 Å². The molecule has 0 saturated heterocycles. The summed E-state index contributed by atoms with van der Waals surface area (Å²) in [6.45, 7) is 4.40. The highest BCUT2D eigenvalue weighted by atomic mass is 35.5. The van der Waals surface area contributed by atoms with Gasteiger partial charge in [0.1, 0.15) is 23.2 Å². The molecular weight excluding hydrogens is 262 g/mol. The number of anilines is 1. The maximum atomic E-state index is 9.14. The Morgan fingerprint density at radius 1 is 1.42 bits per heavy atom. The second-order valence-corrected chi connectivity index (χ2v) is 4.54. The third-order valence-corrected chi connectivity index (χ3v) is 3.19. The Morgan fingerprint density at radius 3 is 2.79 bits per heavy atom. The maximum absolute atomic E-state index is 9.14. The number of aromatic nitrogens is 1. The van der Waals surface area contributed by atoms with Gasteiger partial charge in [0.05, 0.1) is 11.6 Å². The maximum Gasteiger partial charge on any atom is 0.138 e. The van der Waals surface area contributed by atoms with Gasteiger partial charge >= 0.3 is 0 Å². The average Bonchev–Trinajstić information content (AvgIpc) is 2.74. The lowest BCUT2D eigenvalue weighted by molar-refractivity contribution is 0.340. The Bertz CT molecular complexity index is 655. The van der Waals surface area contributed by atoms with Gasteiger partial charge < -0.3 is 15.5 Å². The van der Waals surface area contributed by atoms with E-state index in [0.717, 1.165) is 16.7 Å². The molecule has 0 unspecified atom stereocenters. The predicted molar refractivity (Wildman–Crippen MR) is 76.3 cm³/mol. The molecule has 4 nitrogen and oxygen atoms in total. The lowest BCUT2D eigenvalue weighted by Gasteiger charge is -2.11. The Hall–Kier alpha value is -2.12. The van der Waals surface area contributed by atoms with E-state index in [1.807, 2.05) is 19.9 Å². The van der Waals surface area contributed by atoms with Gasteiger partial charge in [0.2, 0.25) is 0 Å². The van der Waals surface area contributed by atoms with Crippen molar-refractivity contribution >= 4 is 17.4 Å². The molecule has 0 fully saturated rings. The number of ether oxygens (including phenoxy) is 1. The molecule has 3 N–H and O–H groups in total. The van der Waals surface area contributed by atoms with Gasteiger partial charge in [-0.1, -0.05) is 11.6 Å². The average molecular weight is 276 g/mol. The first-order chi connectivity index (χ1) is 9.08. The standard InChI is InChI=1S/C14H14ClN3O/c1-3-19-13-4-8(2)9(5-12(13)15)11-7-18-14(17)10(11)6-16/h4-5,7,18H,3,17H2,1-2H3. The number of nitrogen functional groups attached to an aromatic ring is 1. The van der Waals surface area contributed by atoms with Crippen LogP contribution in [0.1, 0.15) is 18.1 Å². The summed E-state index contributed by atoms with van der Waals surface area (Å²) in [6.07, 6.45) is 1.72. The summed E-state index contributed by atoms with van der Waals surface area (Å²) in [5.41, 5.74) is 8.75. The molecule has 0 atom stereocenters. The monoisotopic (exact) mass is 275 g/mol. The number of aryl methyl sites for hydroxylation is 1. The van der Waals surface area contributed by atoms with E-state index in [9.17, 15) is 0 Å². The molecule has 2 aromatic rings. The third-order valence-electron chi connectivity index (χ3n) is 2.89. The Balaban J connectivity index is 2.58. The molecule has 98 valence electrons. The van der Waals surface area contributed by atoms with Crippen LogP contribution in [-0.2, 0) is 0 Å². The first kappa shape index (κ1) is 13.3. The van der Waals surface area contributed by atoms with Gasteiger partial charge in [0.25, 0.3) is 0 Å². The van der Waals surface area contributed by atoms with Gasteiger partial charge in [-0.2, -0.15) is 5.26 Å². The summed E-state index contributed by atoms with van der Waals surface area (Å²) >= 11 is 6.18. The summed E-state index contributed by atoms with van der Waals surface area (Å²) in [4.78, 5) is 2.85. The normalized spacial score (nSPS) is 10.2. The molecule has 0 amide bonds. The van der Waals surface area contributed by atoms with Gasteiger partial charge in [0, 0.05) is 11.8 Å². The topological polar surface area (TPSA) is 74.8 Å². The van der Waals surface area contributed by atoms with Crippen molar-refractivity contribution in [3.63, 3.8) is 0 Å². The predicted octanol–water partition coefficient (Wildman–Crippen LogP) is 3.50. The van der Waals surface area contributed by atoms with Crippen LogP contribution in [0.15, 0.2) is 18.3 Å². The van der Waals surface area contributed by atoms with Crippen molar-refractivity contribution in [1.82, 2.24) is 4.98 Å². The van der Waals surface area contributed by atoms with Gasteiger partial charge in [0.15, 0.2) is 0 Å². The number of nitrogens with zero attached hydrogens (tertiary/aromatic N) is 1. The van der Waals surface area contributed by atoms with E-state index in [1.165, 1.54) is 0 Å². The van der Waals surface area contributed by atoms with Crippen LogP contribution < -0.4 is 10.5 Å². The molecular formula is C14H14ClN3O. The second kappa shape index (κ2) is 5.25. The van der Waals surface area contributed by atoms with Crippen LogP contribution in [0.3, 0.4) is 0 Å². The lowest BCUT2D eigenvalue weighted by Crippen LogP contribution is -1.94. The fraction of sp³-hybridized carbons (Fsp3) is 0.214. The van der Waals surface area contributed by atoms with Crippen LogP contribution in [-0.4, -0.2) is 11.6 Å². The number of nitrogens with two attached hydrogens (primary N) is 1. The lowest BCUT2D eigenvalue weighted by atomic mass is 9.99. The van der Waals surface area contributed by atoms with Gasteiger partial charge in [-0.15, -0.1) is 0 Å². The Morgan fingerprint density at radius 2 is 2.16 bits per heavy atom. The van der Waals surface area contributed by atoms with Crippen LogP contribution >= 0.6 is 11.6 Å². The van der Waals surface area contributed by atoms with E-state index >= 15 is 0 Å². The number of nitrogens with one attached hydrogen (secondary N) is 1. The van der Waals surface area contributed by atoms with E-state index in [2.05, 4.69) is 11.1 Å². The van der Waals surface area contributed by atoms with Gasteiger partial charge in [-0.05, 0) is 37.1 Å². The summed E-state index contributed by atoms with van der Waals surface area (Å²) < 4.78 is 5.44. The fourth-order valence-corrected chi connectivity index (χ4v) is 2.20. The number of hydrogen-bond donors (Lipinski definition) is 2. The molecule has 0 radical (unpaired) electrons. The molecule has 5 heteroatoms. The van der Waals surface area contributed by atoms with Crippen LogP contribution in [0, 0.1) is 18.3 Å². The summed E-state index contributed by atoms with van der Waals surface area (Å²) in [7, 11) is 0. The molecule has 1 heterocycles. The number of benzene rings is 1. The molecule has 0 aliphatic rings. The van der Waals surface area contributed by atoms with E-state index in [-0.39, 0.29) is 0 Å². The quantitative estimate of drug-likeness (QED) is 0.900.